The van der Waals surface area contributed by atoms with Crippen LogP contribution in [-0.2, 0) is 6.54 Å². The number of benzene rings is 3. The summed E-state index contributed by atoms with van der Waals surface area (Å²) in [6.07, 6.45) is 7.75. The van der Waals surface area contributed by atoms with Crippen molar-refractivity contribution in [3.63, 3.8) is 0 Å². The number of hydrogen-bond acceptors (Lipinski definition) is 4. The van der Waals surface area contributed by atoms with Crippen molar-refractivity contribution >= 4 is 34.1 Å². The number of primary amides is 1. The van der Waals surface area contributed by atoms with Crippen LogP contribution in [0.15, 0.2) is 90.0 Å². The molecule has 7 heteroatoms. The second-order valence-electron chi connectivity index (χ2n) is 10.5. The lowest BCUT2D eigenvalue weighted by Crippen LogP contribution is -2.23. The number of hydrogen-bond donors (Lipinski definition) is 1. The van der Waals surface area contributed by atoms with Crippen LogP contribution in [0, 0.1) is 6.92 Å². The summed E-state index contributed by atoms with van der Waals surface area (Å²) >= 11 is 1.76. The van der Waals surface area contributed by atoms with Crippen molar-refractivity contribution < 1.29 is 4.79 Å². The highest BCUT2D eigenvalue weighted by Gasteiger charge is 2.18. The molecular weight excluding hydrogens is 514 g/mol. The van der Waals surface area contributed by atoms with E-state index in [9.17, 15) is 4.79 Å². The first-order valence-electron chi connectivity index (χ1n) is 13.5. The van der Waals surface area contributed by atoms with Crippen LogP contribution in [0.4, 0.5) is 0 Å². The molecule has 6 rings (SSSR count). The summed E-state index contributed by atoms with van der Waals surface area (Å²) in [4.78, 5) is 15.3. The summed E-state index contributed by atoms with van der Waals surface area (Å²) in [5, 5.41) is 5.66. The molecule has 6 nitrogen and oxygen atoms in total. The van der Waals surface area contributed by atoms with E-state index in [2.05, 4.69) is 107 Å². The number of likely N-dealkylation sites (N-methyl/N-ethyl adjacent to an activating group) is 1. The van der Waals surface area contributed by atoms with E-state index in [-0.39, 0.29) is 5.69 Å². The summed E-state index contributed by atoms with van der Waals surface area (Å²) in [5.41, 5.74) is 15.1. The van der Waals surface area contributed by atoms with E-state index >= 15 is 0 Å². The van der Waals surface area contributed by atoms with Gasteiger partial charge in [-0.3, -0.25) is 4.79 Å². The van der Waals surface area contributed by atoms with E-state index in [1.54, 1.807) is 22.5 Å². The lowest BCUT2D eigenvalue weighted by molar-refractivity contribution is 0.0995. The lowest BCUT2D eigenvalue weighted by atomic mass is 9.99. The van der Waals surface area contributed by atoms with E-state index < -0.39 is 5.91 Å². The second-order valence-corrected chi connectivity index (χ2v) is 11.4. The SMILES string of the molecule is CSc1ccc(-c2ccc(Cn3cc(C4=CCN(C)CC4)c4cc(-n5nc(C(N)=O)cc5C)ccc43)cc2)cc1. The van der Waals surface area contributed by atoms with Crippen LogP contribution >= 0.6 is 11.8 Å². The van der Waals surface area contributed by atoms with Gasteiger partial charge >= 0.3 is 0 Å². The van der Waals surface area contributed by atoms with E-state index in [1.165, 1.54) is 43.6 Å². The molecule has 0 atom stereocenters. The summed E-state index contributed by atoms with van der Waals surface area (Å²) in [6.45, 7) is 4.70. The molecule has 3 aromatic carbocycles. The molecule has 0 saturated heterocycles. The molecule has 0 aliphatic carbocycles. The first kappa shape index (κ1) is 26.2. The molecule has 5 aromatic rings. The molecular formula is C33H33N5OS. The molecule has 0 fully saturated rings. The number of aromatic nitrogens is 3. The average Bonchev–Trinajstić information content (AvgIpc) is 3.54. The zero-order valence-electron chi connectivity index (χ0n) is 23.1. The molecule has 2 N–H and O–H groups in total. The predicted octanol–water partition coefficient (Wildman–Crippen LogP) is 6.39. The van der Waals surface area contributed by atoms with E-state index in [4.69, 9.17) is 5.73 Å². The smallest absolute Gasteiger partial charge is 0.269 e. The third-order valence-corrected chi connectivity index (χ3v) is 8.48. The van der Waals surface area contributed by atoms with Gasteiger partial charge in [-0.15, -0.1) is 11.8 Å². The highest BCUT2D eigenvalue weighted by molar-refractivity contribution is 7.98. The van der Waals surface area contributed by atoms with Gasteiger partial charge in [-0.2, -0.15) is 5.10 Å². The van der Waals surface area contributed by atoms with Crippen molar-refractivity contribution in [3.8, 4) is 16.8 Å². The lowest BCUT2D eigenvalue weighted by Gasteiger charge is -2.21. The normalized spacial score (nSPS) is 14.0. The van der Waals surface area contributed by atoms with Crippen molar-refractivity contribution in [3.05, 3.63) is 108 Å². The third kappa shape index (κ3) is 5.10. The van der Waals surface area contributed by atoms with Crippen molar-refractivity contribution in [2.75, 3.05) is 26.4 Å². The van der Waals surface area contributed by atoms with Crippen molar-refractivity contribution in [2.24, 2.45) is 5.73 Å². The number of aryl methyl sites for hydroxylation is 1. The maximum absolute atomic E-state index is 11.7. The van der Waals surface area contributed by atoms with Gasteiger partial charge in [0, 0.05) is 52.9 Å². The van der Waals surface area contributed by atoms with Gasteiger partial charge in [0.1, 0.15) is 0 Å². The maximum Gasteiger partial charge on any atom is 0.269 e. The van der Waals surface area contributed by atoms with Crippen LogP contribution in [-0.4, -0.2) is 51.5 Å². The van der Waals surface area contributed by atoms with Gasteiger partial charge in [0.25, 0.3) is 5.91 Å². The van der Waals surface area contributed by atoms with Crippen molar-refractivity contribution in [1.82, 2.24) is 19.2 Å². The third-order valence-electron chi connectivity index (χ3n) is 7.74. The highest BCUT2D eigenvalue weighted by atomic mass is 32.2. The predicted molar refractivity (Wildman–Crippen MR) is 165 cm³/mol. The average molecular weight is 548 g/mol. The molecule has 40 heavy (non-hydrogen) atoms. The minimum Gasteiger partial charge on any atom is -0.364 e. The van der Waals surface area contributed by atoms with Gasteiger partial charge in [0.2, 0.25) is 0 Å². The topological polar surface area (TPSA) is 69.1 Å². The van der Waals surface area contributed by atoms with E-state index in [1.807, 2.05) is 6.92 Å². The van der Waals surface area contributed by atoms with Crippen LogP contribution in [0.3, 0.4) is 0 Å². The number of nitrogens with two attached hydrogens (primary N) is 1. The Morgan fingerprint density at radius 1 is 1.00 bits per heavy atom. The number of carbonyl (C=O) groups excluding carboxylic acids is 1. The molecule has 0 spiro atoms. The molecule has 202 valence electrons. The minimum atomic E-state index is -0.519. The van der Waals surface area contributed by atoms with E-state index in [0.717, 1.165) is 37.4 Å². The van der Waals surface area contributed by atoms with Crippen molar-refractivity contribution in [1.29, 1.82) is 0 Å². The molecule has 0 unspecified atom stereocenters. The first-order chi connectivity index (χ1) is 19.4. The van der Waals surface area contributed by atoms with Gasteiger partial charge in [-0.05, 0) is 85.3 Å². The quantitative estimate of drug-likeness (QED) is 0.240. The fraction of sp³-hybridized carbons (Fsp3) is 0.212. The number of rotatable bonds is 7. The van der Waals surface area contributed by atoms with Gasteiger partial charge in [-0.25, -0.2) is 4.68 Å². The second kappa shape index (κ2) is 10.8. The molecule has 1 amide bonds. The zero-order chi connectivity index (χ0) is 27.8. The molecule has 0 bridgehead atoms. The molecule has 1 aliphatic rings. The van der Waals surface area contributed by atoms with Crippen molar-refractivity contribution in [2.45, 2.75) is 24.8 Å². The van der Waals surface area contributed by atoms with Crippen LogP contribution in [0.2, 0.25) is 0 Å². The summed E-state index contributed by atoms with van der Waals surface area (Å²) < 4.78 is 4.15. The Morgan fingerprint density at radius 3 is 2.35 bits per heavy atom. The Balaban J connectivity index is 1.37. The van der Waals surface area contributed by atoms with Gasteiger partial charge < -0.3 is 15.2 Å². The minimum absolute atomic E-state index is 0.275. The van der Waals surface area contributed by atoms with Crippen LogP contribution in [0.25, 0.3) is 33.3 Å². The fourth-order valence-corrected chi connectivity index (χ4v) is 5.87. The maximum atomic E-state index is 11.7. The monoisotopic (exact) mass is 547 g/mol. The highest BCUT2D eigenvalue weighted by Crippen LogP contribution is 2.33. The number of thioether (sulfide) groups is 1. The standard InChI is InChI=1S/C33H33N5OS/c1-22-18-31(33(34)39)35-38(22)27-10-13-32-29(19-27)30(26-14-16-36(2)17-15-26)21-37(32)20-23-4-6-24(7-5-23)25-8-11-28(40-3)12-9-25/h4-14,18-19,21H,15-17,20H2,1-3H3,(H2,34,39). The Morgan fingerprint density at radius 2 is 1.73 bits per heavy atom. The van der Waals surface area contributed by atoms with Crippen LogP contribution in [0.1, 0.15) is 33.7 Å². The number of fused-ring (bicyclic) bond motifs is 1. The van der Waals surface area contributed by atoms with Crippen LogP contribution < -0.4 is 5.73 Å². The first-order valence-corrected chi connectivity index (χ1v) is 14.7. The van der Waals surface area contributed by atoms with Gasteiger partial charge in [0.15, 0.2) is 5.69 Å². The van der Waals surface area contributed by atoms with Crippen LogP contribution in [0.5, 0.6) is 0 Å². The summed E-state index contributed by atoms with van der Waals surface area (Å²) in [7, 11) is 2.16. The molecule has 0 saturated carbocycles. The fourth-order valence-electron chi connectivity index (χ4n) is 5.46. The Labute approximate surface area is 239 Å². The molecule has 3 heterocycles. The summed E-state index contributed by atoms with van der Waals surface area (Å²) in [5.74, 6) is -0.519. The molecule has 2 aromatic heterocycles. The largest absolute Gasteiger partial charge is 0.364 e. The number of carbonyl (C=O) groups is 1. The summed E-state index contributed by atoms with van der Waals surface area (Å²) in [6, 6.07) is 25.8. The Kier molecular flexibility index (Phi) is 7.09. The molecule has 1 aliphatic heterocycles. The van der Waals surface area contributed by atoms with Gasteiger partial charge in [-0.1, -0.05) is 42.5 Å². The number of amides is 1. The Bertz CT molecular complexity index is 1730. The zero-order valence-corrected chi connectivity index (χ0v) is 23.9. The Hall–Kier alpha value is -4.07. The van der Waals surface area contributed by atoms with Gasteiger partial charge in [0.05, 0.1) is 5.69 Å². The van der Waals surface area contributed by atoms with E-state index in [0.29, 0.717) is 0 Å². The number of nitrogens with zero attached hydrogens (tertiary/aromatic N) is 4. The molecule has 0 radical (unpaired) electrons.